The minimum atomic E-state index is -0.0681. The summed E-state index contributed by atoms with van der Waals surface area (Å²) in [5, 5.41) is 5.80. The number of methoxy groups -OCH3 is 1. The minimum absolute atomic E-state index is 0.0681. The van der Waals surface area contributed by atoms with Crippen LogP contribution >= 0.6 is 0 Å². The molecule has 2 N–H and O–H groups in total. The van der Waals surface area contributed by atoms with Crippen molar-refractivity contribution in [3.8, 4) is 0 Å². The molecule has 1 unspecified atom stereocenters. The maximum Gasteiger partial charge on any atom is 0.315 e. The first-order valence-electron chi connectivity index (χ1n) is 5.28. The molecule has 1 rings (SSSR count). The number of hydrogen-bond donors (Lipinski definition) is 2. The van der Waals surface area contributed by atoms with Crippen molar-refractivity contribution in [3.05, 3.63) is 0 Å². The number of rotatable bonds is 4. The highest BCUT2D eigenvalue weighted by Gasteiger charge is 2.17. The first kappa shape index (κ1) is 11.3. The molecular weight excluding hydrogens is 180 g/mol. The van der Waals surface area contributed by atoms with Crippen LogP contribution in [0.1, 0.15) is 32.6 Å². The second kappa shape index (κ2) is 5.86. The van der Waals surface area contributed by atoms with Crippen molar-refractivity contribution >= 4 is 6.03 Å². The van der Waals surface area contributed by atoms with Gasteiger partial charge in [-0.25, -0.2) is 4.79 Å². The molecule has 1 saturated carbocycles. The summed E-state index contributed by atoms with van der Waals surface area (Å²) in [5.41, 5.74) is 0. The average Bonchev–Trinajstić information content (AvgIpc) is 2.56. The van der Waals surface area contributed by atoms with Crippen LogP contribution in [0, 0.1) is 0 Å². The predicted octanol–water partition coefficient (Wildman–Crippen LogP) is 1.26. The van der Waals surface area contributed by atoms with Gasteiger partial charge in [0.15, 0.2) is 0 Å². The lowest BCUT2D eigenvalue weighted by molar-refractivity contribution is 0.170. The van der Waals surface area contributed by atoms with Gasteiger partial charge in [-0.1, -0.05) is 12.8 Å². The van der Waals surface area contributed by atoms with Crippen LogP contribution in [0.5, 0.6) is 0 Å². The predicted molar refractivity (Wildman–Crippen MR) is 55.3 cm³/mol. The molecule has 0 heterocycles. The third kappa shape index (κ3) is 3.96. The van der Waals surface area contributed by atoms with Gasteiger partial charge >= 0.3 is 6.03 Å². The fourth-order valence-corrected chi connectivity index (χ4v) is 1.81. The number of carbonyl (C=O) groups is 1. The summed E-state index contributed by atoms with van der Waals surface area (Å²) < 4.78 is 4.93. The van der Waals surface area contributed by atoms with E-state index >= 15 is 0 Å². The molecule has 0 aromatic rings. The Hall–Kier alpha value is -0.770. The molecule has 0 bridgehead atoms. The number of ether oxygens (including phenoxy) is 1. The maximum atomic E-state index is 11.4. The van der Waals surface area contributed by atoms with Crippen LogP contribution in [-0.2, 0) is 4.74 Å². The highest BCUT2D eigenvalue weighted by atomic mass is 16.5. The van der Waals surface area contributed by atoms with Gasteiger partial charge in [-0.15, -0.1) is 0 Å². The fraction of sp³-hybridized carbons (Fsp3) is 0.900. The minimum Gasteiger partial charge on any atom is -0.383 e. The number of amides is 2. The van der Waals surface area contributed by atoms with Crippen LogP contribution in [0.4, 0.5) is 4.79 Å². The number of urea groups is 1. The summed E-state index contributed by atoms with van der Waals surface area (Å²) >= 11 is 0. The van der Waals surface area contributed by atoms with E-state index in [-0.39, 0.29) is 12.1 Å². The van der Waals surface area contributed by atoms with Gasteiger partial charge in [-0.05, 0) is 19.8 Å². The highest BCUT2D eigenvalue weighted by molar-refractivity contribution is 5.74. The van der Waals surface area contributed by atoms with E-state index in [0.29, 0.717) is 12.6 Å². The standard InChI is InChI=1S/C10H20N2O2/c1-8(7-14-2)11-10(13)12-9-5-3-4-6-9/h8-9H,3-7H2,1-2H3,(H2,11,12,13). The van der Waals surface area contributed by atoms with Crippen molar-refractivity contribution in [2.24, 2.45) is 0 Å². The molecule has 14 heavy (non-hydrogen) atoms. The largest absolute Gasteiger partial charge is 0.383 e. The van der Waals surface area contributed by atoms with Crippen LogP contribution in [0.2, 0.25) is 0 Å². The van der Waals surface area contributed by atoms with E-state index in [2.05, 4.69) is 10.6 Å². The second-order valence-electron chi connectivity index (χ2n) is 3.96. The summed E-state index contributed by atoms with van der Waals surface area (Å²) in [6, 6.07) is 0.382. The molecule has 1 atom stereocenters. The zero-order valence-corrected chi connectivity index (χ0v) is 9.01. The lowest BCUT2D eigenvalue weighted by Gasteiger charge is -2.16. The highest BCUT2D eigenvalue weighted by Crippen LogP contribution is 2.17. The van der Waals surface area contributed by atoms with E-state index in [4.69, 9.17) is 4.74 Å². The molecule has 4 nitrogen and oxygen atoms in total. The first-order valence-corrected chi connectivity index (χ1v) is 5.28. The van der Waals surface area contributed by atoms with Crippen LogP contribution in [0.25, 0.3) is 0 Å². The van der Waals surface area contributed by atoms with Gasteiger partial charge in [-0.2, -0.15) is 0 Å². The van der Waals surface area contributed by atoms with E-state index < -0.39 is 0 Å². The van der Waals surface area contributed by atoms with E-state index in [1.807, 2.05) is 6.92 Å². The summed E-state index contributed by atoms with van der Waals surface area (Å²) in [6.07, 6.45) is 4.70. The topological polar surface area (TPSA) is 50.4 Å². The molecule has 0 aromatic carbocycles. The Morgan fingerprint density at radius 2 is 2.14 bits per heavy atom. The second-order valence-corrected chi connectivity index (χ2v) is 3.96. The van der Waals surface area contributed by atoms with Gasteiger partial charge in [-0.3, -0.25) is 0 Å². The van der Waals surface area contributed by atoms with Gasteiger partial charge in [0.1, 0.15) is 0 Å². The number of carbonyl (C=O) groups excluding carboxylic acids is 1. The van der Waals surface area contributed by atoms with E-state index in [0.717, 1.165) is 12.8 Å². The Labute approximate surface area is 85.4 Å². The molecule has 0 radical (unpaired) electrons. The summed E-state index contributed by atoms with van der Waals surface area (Å²) in [5.74, 6) is 0. The Kier molecular flexibility index (Phi) is 4.73. The van der Waals surface area contributed by atoms with E-state index in [9.17, 15) is 4.79 Å². The van der Waals surface area contributed by atoms with E-state index in [1.165, 1.54) is 12.8 Å². The Morgan fingerprint density at radius 1 is 1.50 bits per heavy atom. The molecule has 0 aliphatic heterocycles. The number of nitrogens with one attached hydrogen (secondary N) is 2. The van der Waals surface area contributed by atoms with Gasteiger partial charge in [0.2, 0.25) is 0 Å². The van der Waals surface area contributed by atoms with Crippen LogP contribution in [0.3, 0.4) is 0 Å². The molecule has 1 fully saturated rings. The van der Waals surface area contributed by atoms with Crippen LogP contribution in [0.15, 0.2) is 0 Å². The quantitative estimate of drug-likeness (QED) is 0.718. The van der Waals surface area contributed by atoms with Crippen molar-refractivity contribution in [2.45, 2.75) is 44.7 Å². The molecule has 0 aromatic heterocycles. The third-order valence-corrected chi connectivity index (χ3v) is 2.48. The molecule has 1 aliphatic carbocycles. The summed E-state index contributed by atoms with van der Waals surface area (Å²) in [7, 11) is 1.63. The van der Waals surface area contributed by atoms with Crippen molar-refractivity contribution in [1.29, 1.82) is 0 Å². The zero-order valence-electron chi connectivity index (χ0n) is 9.01. The molecule has 1 aliphatic rings. The SMILES string of the molecule is COCC(C)NC(=O)NC1CCCC1. The summed E-state index contributed by atoms with van der Waals surface area (Å²) in [6.45, 7) is 2.48. The normalized spacial score (nSPS) is 19.3. The van der Waals surface area contributed by atoms with Gasteiger partial charge in [0.05, 0.1) is 12.6 Å². The lowest BCUT2D eigenvalue weighted by Crippen LogP contribution is -2.45. The zero-order chi connectivity index (χ0) is 10.4. The Morgan fingerprint density at radius 3 is 2.71 bits per heavy atom. The summed E-state index contributed by atoms with van der Waals surface area (Å²) in [4.78, 5) is 11.4. The molecule has 4 heteroatoms. The van der Waals surface area contributed by atoms with E-state index in [1.54, 1.807) is 7.11 Å². The van der Waals surface area contributed by atoms with Crippen LogP contribution < -0.4 is 10.6 Å². The van der Waals surface area contributed by atoms with Gasteiger partial charge in [0, 0.05) is 13.2 Å². The van der Waals surface area contributed by atoms with Gasteiger partial charge < -0.3 is 15.4 Å². The first-order chi connectivity index (χ1) is 6.72. The molecule has 82 valence electrons. The Balaban J connectivity index is 2.14. The fourth-order valence-electron chi connectivity index (χ4n) is 1.81. The van der Waals surface area contributed by atoms with Crippen molar-refractivity contribution in [3.63, 3.8) is 0 Å². The van der Waals surface area contributed by atoms with Crippen molar-refractivity contribution < 1.29 is 9.53 Å². The average molecular weight is 200 g/mol. The molecular formula is C10H20N2O2. The van der Waals surface area contributed by atoms with Crippen molar-refractivity contribution in [2.75, 3.05) is 13.7 Å². The van der Waals surface area contributed by atoms with Crippen LogP contribution in [-0.4, -0.2) is 31.8 Å². The maximum absolute atomic E-state index is 11.4. The molecule has 2 amide bonds. The lowest BCUT2D eigenvalue weighted by atomic mass is 10.2. The Bertz CT molecular complexity index is 179. The van der Waals surface area contributed by atoms with Gasteiger partial charge in [0.25, 0.3) is 0 Å². The van der Waals surface area contributed by atoms with Crippen molar-refractivity contribution in [1.82, 2.24) is 10.6 Å². The molecule has 0 spiro atoms. The molecule has 0 saturated heterocycles. The third-order valence-electron chi connectivity index (χ3n) is 2.48. The monoisotopic (exact) mass is 200 g/mol. The smallest absolute Gasteiger partial charge is 0.315 e. The number of hydrogen-bond acceptors (Lipinski definition) is 2.